The molecule has 0 saturated carbocycles. The van der Waals surface area contributed by atoms with Gasteiger partial charge in [-0.1, -0.05) is 13.8 Å². The number of aromatic nitrogens is 1. The highest BCUT2D eigenvalue weighted by atomic mass is 16.5. The van der Waals surface area contributed by atoms with Crippen LogP contribution in [0.1, 0.15) is 13.8 Å². The average molecular weight is 223 g/mol. The molecule has 0 saturated heterocycles. The van der Waals surface area contributed by atoms with Crippen molar-refractivity contribution in [2.24, 2.45) is 11.1 Å². The molecule has 0 fully saturated rings. The fourth-order valence-electron chi connectivity index (χ4n) is 1.51. The number of nitrogens with two attached hydrogens (primary N) is 1. The zero-order chi connectivity index (χ0) is 12.2. The van der Waals surface area contributed by atoms with E-state index in [0.717, 1.165) is 18.1 Å². The van der Waals surface area contributed by atoms with Gasteiger partial charge in [0.2, 0.25) is 0 Å². The number of methoxy groups -OCH3 is 1. The zero-order valence-corrected chi connectivity index (χ0v) is 10.5. The molecule has 1 rings (SSSR count). The summed E-state index contributed by atoms with van der Waals surface area (Å²) in [5, 5.41) is 0. The lowest BCUT2D eigenvalue weighted by molar-refractivity contribution is 0.384. The zero-order valence-electron chi connectivity index (χ0n) is 10.5. The van der Waals surface area contributed by atoms with Crippen molar-refractivity contribution < 1.29 is 4.74 Å². The molecule has 0 aromatic carbocycles. The molecule has 2 N–H and O–H groups in total. The molecule has 0 aliphatic carbocycles. The summed E-state index contributed by atoms with van der Waals surface area (Å²) in [6.45, 7) is 5.83. The summed E-state index contributed by atoms with van der Waals surface area (Å²) in [5.41, 5.74) is 5.80. The minimum absolute atomic E-state index is 0.0936. The summed E-state index contributed by atoms with van der Waals surface area (Å²) in [6, 6.07) is 3.86. The van der Waals surface area contributed by atoms with Crippen LogP contribution < -0.4 is 15.4 Å². The summed E-state index contributed by atoms with van der Waals surface area (Å²) in [6.07, 6.45) is 1.72. The van der Waals surface area contributed by atoms with Gasteiger partial charge >= 0.3 is 0 Å². The Morgan fingerprint density at radius 3 is 2.56 bits per heavy atom. The van der Waals surface area contributed by atoms with Gasteiger partial charge in [0.15, 0.2) is 0 Å². The molecular formula is C12H21N3O. The van der Waals surface area contributed by atoms with Gasteiger partial charge in [0, 0.05) is 13.6 Å². The van der Waals surface area contributed by atoms with E-state index < -0.39 is 0 Å². The molecular weight excluding hydrogens is 202 g/mol. The van der Waals surface area contributed by atoms with E-state index in [2.05, 4.69) is 23.7 Å². The van der Waals surface area contributed by atoms with Crippen LogP contribution in [0.4, 0.5) is 5.82 Å². The first kappa shape index (κ1) is 12.8. The van der Waals surface area contributed by atoms with Crippen molar-refractivity contribution in [2.45, 2.75) is 13.8 Å². The highest BCUT2D eigenvalue weighted by Crippen LogP contribution is 2.19. The normalized spacial score (nSPS) is 11.3. The Labute approximate surface area is 97.4 Å². The third-order valence-electron chi connectivity index (χ3n) is 2.57. The van der Waals surface area contributed by atoms with E-state index in [1.54, 1.807) is 13.3 Å². The lowest BCUT2D eigenvalue weighted by Crippen LogP contribution is -2.37. The maximum atomic E-state index is 5.71. The third-order valence-corrected chi connectivity index (χ3v) is 2.57. The first-order valence-corrected chi connectivity index (χ1v) is 5.40. The summed E-state index contributed by atoms with van der Waals surface area (Å²) in [7, 11) is 3.66. The summed E-state index contributed by atoms with van der Waals surface area (Å²) in [4.78, 5) is 6.43. The average Bonchev–Trinajstić information content (AvgIpc) is 2.28. The van der Waals surface area contributed by atoms with E-state index in [4.69, 9.17) is 10.5 Å². The van der Waals surface area contributed by atoms with E-state index in [-0.39, 0.29) is 5.41 Å². The van der Waals surface area contributed by atoms with Crippen molar-refractivity contribution in [3.05, 3.63) is 18.3 Å². The molecule has 0 atom stereocenters. The minimum atomic E-state index is 0.0936. The van der Waals surface area contributed by atoms with Gasteiger partial charge in [0.25, 0.3) is 0 Å². The van der Waals surface area contributed by atoms with Crippen molar-refractivity contribution in [3.63, 3.8) is 0 Å². The Morgan fingerprint density at radius 1 is 1.44 bits per heavy atom. The second-order valence-electron chi connectivity index (χ2n) is 4.78. The molecule has 16 heavy (non-hydrogen) atoms. The van der Waals surface area contributed by atoms with Gasteiger partial charge < -0.3 is 15.4 Å². The molecule has 0 aliphatic rings. The van der Waals surface area contributed by atoms with Crippen LogP contribution in [0.2, 0.25) is 0 Å². The third kappa shape index (κ3) is 3.38. The Balaban J connectivity index is 2.69. The van der Waals surface area contributed by atoms with Crippen LogP contribution in [0.15, 0.2) is 18.3 Å². The molecule has 4 nitrogen and oxygen atoms in total. The molecule has 1 aromatic rings. The minimum Gasteiger partial charge on any atom is -0.495 e. The van der Waals surface area contributed by atoms with Crippen molar-refractivity contribution in [1.29, 1.82) is 0 Å². The number of pyridine rings is 1. The number of rotatable bonds is 5. The topological polar surface area (TPSA) is 51.4 Å². The van der Waals surface area contributed by atoms with Gasteiger partial charge in [-0.3, -0.25) is 0 Å². The Kier molecular flexibility index (Phi) is 4.12. The van der Waals surface area contributed by atoms with Crippen LogP contribution in [0, 0.1) is 5.41 Å². The lowest BCUT2D eigenvalue weighted by Gasteiger charge is -2.29. The van der Waals surface area contributed by atoms with E-state index in [1.165, 1.54) is 0 Å². The van der Waals surface area contributed by atoms with E-state index in [9.17, 15) is 0 Å². The first-order valence-electron chi connectivity index (χ1n) is 5.40. The van der Waals surface area contributed by atoms with Gasteiger partial charge in [0.05, 0.1) is 13.3 Å². The fourth-order valence-corrected chi connectivity index (χ4v) is 1.51. The van der Waals surface area contributed by atoms with Gasteiger partial charge in [-0.2, -0.15) is 0 Å². The monoisotopic (exact) mass is 223 g/mol. The van der Waals surface area contributed by atoms with Gasteiger partial charge in [-0.15, -0.1) is 0 Å². The molecule has 0 amide bonds. The molecule has 0 aliphatic heterocycles. The molecule has 0 radical (unpaired) electrons. The van der Waals surface area contributed by atoms with Gasteiger partial charge in [-0.25, -0.2) is 4.98 Å². The number of hydrogen-bond donors (Lipinski definition) is 1. The van der Waals surface area contributed by atoms with E-state index in [0.29, 0.717) is 6.54 Å². The highest BCUT2D eigenvalue weighted by Gasteiger charge is 2.18. The van der Waals surface area contributed by atoms with Crippen molar-refractivity contribution in [2.75, 3.05) is 32.1 Å². The maximum Gasteiger partial charge on any atom is 0.137 e. The molecule has 1 aromatic heterocycles. The molecule has 0 bridgehead atoms. The smallest absolute Gasteiger partial charge is 0.137 e. The van der Waals surface area contributed by atoms with Crippen molar-refractivity contribution in [3.8, 4) is 5.75 Å². The summed E-state index contributed by atoms with van der Waals surface area (Å²) >= 11 is 0. The standard InChI is InChI=1S/C12H21N3O/c1-12(2,8-13)9-15(3)11-6-5-10(16-4)7-14-11/h5-7H,8-9,13H2,1-4H3. The second kappa shape index (κ2) is 5.16. The van der Waals surface area contributed by atoms with E-state index >= 15 is 0 Å². The lowest BCUT2D eigenvalue weighted by atomic mass is 9.93. The van der Waals surface area contributed by atoms with E-state index in [1.807, 2.05) is 19.2 Å². The van der Waals surface area contributed by atoms with Crippen molar-refractivity contribution in [1.82, 2.24) is 4.98 Å². The fraction of sp³-hybridized carbons (Fsp3) is 0.583. The molecule has 0 spiro atoms. The predicted molar refractivity (Wildman–Crippen MR) is 66.9 cm³/mol. The molecule has 1 heterocycles. The van der Waals surface area contributed by atoms with Crippen LogP contribution in [0.5, 0.6) is 5.75 Å². The highest BCUT2D eigenvalue weighted by molar-refractivity contribution is 5.40. The SMILES string of the molecule is COc1ccc(N(C)CC(C)(C)CN)nc1. The van der Waals surface area contributed by atoms with Gasteiger partial charge in [0.1, 0.15) is 11.6 Å². The number of ether oxygens (including phenoxy) is 1. The van der Waals surface area contributed by atoms with Crippen LogP contribution in [0.25, 0.3) is 0 Å². The summed E-state index contributed by atoms with van der Waals surface area (Å²) < 4.78 is 5.07. The quantitative estimate of drug-likeness (QED) is 0.822. The van der Waals surface area contributed by atoms with Crippen LogP contribution in [-0.2, 0) is 0 Å². The summed E-state index contributed by atoms with van der Waals surface area (Å²) in [5.74, 6) is 1.71. The van der Waals surface area contributed by atoms with Crippen LogP contribution in [0.3, 0.4) is 0 Å². The Morgan fingerprint density at radius 2 is 2.12 bits per heavy atom. The largest absolute Gasteiger partial charge is 0.495 e. The Hall–Kier alpha value is -1.29. The van der Waals surface area contributed by atoms with Crippen LogP contribution in [-0.4, -0.2) is 32.2 Å². The van der Waals surface area contributed by atoms with Gasteiger partial charge in [-0.05, 0) is 24.1 Å². The molecule has 4 heteroatoms. The number of nitrogens with zero attached hydrogens (tertiary/aromatic N) is 2. The second-order valence-corrected chi connectivity index (χ2v) is 4.78. The molecule has 90 valence electrons. The van der Waals surface area contributed by atoms with Crippen LogP contribution >= 0.6 is 0 Å². The maximum absolute atomic E-state index is 5.71. The molecule has 0 unspecified atom stereocenters. The predicted octanol–water partition coefficient (Wildman–Crippen LogP) is 1.51. The Bertz CT molecular complexity index is 322. The number of anilines is 1. The number of hydrogen-bond acceptors (Lipinski definition) is 4. The van der Waals surface area contributed by atoms with Crippen molar-refractivity contribution >= 4 is 5.82 Å². The first-order chi connectivity index (χ1) is 7.48.